The van der Waals surface area contributed by atoms with Crippen molar-refractivity contribution in [1.29, 1.82) is 0 Å². The highest BCUT2D eigenvalue weighted by Crippen LogP contribution is 2.07. The zero-order valence-corrected chi connectivity index (χ0v) is 12.4. The Bertz CT molecular complexity index is 202. The lowest BCUT2D eigenvalue weighted by atomic mass is 10.1. The molecule has 1 N–H and O–H groups in total. The molecule has 16 heavy (non-hydrogen) atoms. The minimum absolute atomic E-state index is 0.0265. The van der Waals surface area contributed by atoms with E-state index in [0.717, 1.165) is 24.7 Å². The van der Waals surface area contributed by atoms with E-state index in [9.17, 15) is 4.79 Å². The number of hydrogen-bond acceptors (Lipinski definition) is 2. The molecule has 96 valence electrons. The maximum absolute atomic E-state index is 11.4. The summed E-state index contributed by atoms with van der Waals surface area (Å²) in [6.45, 7) is 8.91. The van der Waals surface area contributed by atoms with Crippen LogP contribution in [0.3, 0.4) is 0 Å². The van der Waals surface area contributed by atoms with Crippen LogP contribution in [0.2, 0.25) is 0 Å². The van der Waals surface area contributed by atoms with Gasteiger partial charge < -0.3 is 10.1 Å². The monoisotopic (exact) mass is 293 g/mol. The Morgan fingerprint density at radius 3 is 2.56 bits per heavy atom. The van der Waals surface area contributed by atoms with Crippen LogP contribution >= 0.6 is 15.9 Å². The van der Waals surface area contributed by atoms with Crippen molar-refractivity contribution in [3.63, 3.8) is 0 Å². The molecule has 0 heterocycles. The number of halogens is 1. The van der Waals surface area contributed by atoms with E-state index < -0.39 is 0 Å². The lowest BCUT2D eigenvalue weighted by Crippen LogP contribution is -2.32. The first-order valence-corrected chi connectivity index (χ1v) is 6.94. The minimum atomic E-state index is -0.248. The van der Waals surface area contributed by atoms with Gasteiger partial charge in [-0.05, 0) is 39.5 Å². The Kier molecular flexibility index (Phi) is 8.02. The number of amides is 1. The Morgan fingerprint density at radius 1 is 1.44 bits per heavy atom. The summed E-state index contributed by atoms with van der Waals surface area (Å²) in [7, 11) is 0. The SMILES string of the molecule is CC(CBr)CCCNC(=O)COC(C)(C)C. The summed E-state index contributed by atoms with van der Waals surface area (Å²) in [6, 6.07) is 0. The average Bonchev–Trinajstić information content (AvgIpc) is 2.20. The first-order valence-electron chi connectivity index (χ1n) is 5.82. The van der Waals surface area contributed by atoms with E-state index in [4.69, 9.17) is 4.74 Å². The average molecular weight is 294 g/mol. The van der Waals surface area contributed by atoms with Crippen LogP contribution in [0.5, 0.6) is 0 Å². The molecule has 0 rings (SSSR count). The van der Waals surface area contributed by atoms with Gasteiger partial charge in [0.05, 0.1) is 5.60 Å². The smallest absolute Gasteiger partial charge is 0.246 e. The maximum Gasteiger partial charge on any atom is 0.246 e. The second kappa shape index (κ2) is 8.07. The predicted molar refractivity (Wildman–Crippen MR) is 70.9 cm³/mol. The molecular formula is C12H24BrNO2. The number of hydrogen-bond donors (Lipinski definition) is 1. The molecule has 0 aromatic heterocycles. The van der Waals surface area contributed by atoms with Crippen LogP contribution in [0, 0.1) is 5.92 Å². The van der Waals surface area contributed by atoms with Gasteiger partial charge in [0.25, 0.3) is 0 Å². The van der Waals surface area contributed by atoms with Crippen LogP contribution in [0.25, 0.3) is 0 Å². The molecule has 1 amide bonds. The molecule has 0 spiro atoms. The fourth-order valence-electron chi connectivity index (χ4n) is 1.09. The lowest BCUT2D eigenvalue weighted by Gasteiger charge is -2.19. The number of rotatable bonds is 7. The Balaban J connectivity index is 3.45. The van der Waals surface area contributed by atoms with E-state index in [2.05, 4.69) is 28.2 Å². The van der Waals surface area contributed by atoms with E-state index in [1.165, 1.54) is 0 Å². The molecule has 0 aliphatic carbocycles. The molecule has 3 nitrogen and oxygen atoms in total. The summed E-state index contributed by atoms with van der Waals surface area (Å²) >= 11 is 3.44. The van der Waals surface area contributed by atoms with Gasteiger partial charge in [0, 0.05) is 11.9 Å². The van der Waals surface area contributed by atoms with E-state index in [1.807, 2.05) is 20.8 Å². The number of carbonyl (C=O) groups excluding carboxylic acids is 1. The Hall–Kier alpha value is -0.0900. The van der Waals surface area contributed by atoms with Crippen molar-refractivity contribution in [2.75, 3.05) is 18.5 Å². The van der Waals surface area contributed by atoms with E-state index in [1.54, 1.807) is 0 Å². The van der Waals surface area contributed by atoms with Gasteiger partial charge in [-0.3, -0.25) is 4.79 Å². The number of ether oxygens (including phenoxy) is 1. The molecule has 0 fully saturated rings. The fraction of sp³-hybridized carbons (Fsp3) is 0.917. The van der Waals surface area contributed by atoms with Gasteiger partial charge in [-0.1, -0.05) is 22.9 Å². The normalized spacial score (nSPS) is 13.6. The molecule has 0 aromatic carbocycles. The lowest BCUT2D eigenvalue weighted by molar-refractivity contribution is -0.130. The first kappa shape index (κ1) is 15.9. The molecule has 0 radical (unpaired) electrons. The predicted octanol–water partition coefficient (Wildman–Crippen LogP) is 2.73. The number of carbonyl (C=O) groups is 1. The second-order valence-corrected chi connectivity index (χ2v) is 5.80. The minimum Gasteiger partial charge on any atom is -0.366 e. The van der Waals surface area contributed by atoms with Gasteiger partial charge in [0.1, 0.15) is 6.61 Å². The summed E-state index contributed by atoms with van der Waals surface area (Å²) in [5, 5.41) is 3.88. The molecule has 0 saturated heterocycles. The van der Waals surface area contributed by atoms with Gasteiger partial charge in [0.2, 0.25) is 5.91 Å². The third-order valence-corrected chi connectivity index (χ3v) is 3.20. The molecule has 1 unspecified atom stereocenters. The Morgan fingerprint density at radius 2 is 2.06 bits per heavy atom. The van der Waals surface area contributed by atoms with Crippen LogP contribution in [0.4, 0.5) is 0 Å². The highest BCUT2D eigenvalue weighted by Gasteiger charge is 2.12. The maximum atomic E-state index is 11.4. The van der Waals surface area contributed by atoms with Crippen molar-refractivity contribution in [3.8, 4) is 0 Å². The van der Waals surface area contributed by atoms with Crippen LogP contribution in [0.15, 0.2) is 0 Å². The zero-order chi connectivity index (χ0) is 12.6. The highest BCUT2D eigenvalue weighted by molar-refractivity contribution is 9.09. The summed E-state index contributed by atoms with van der Waals surface area (Å²) in [6.07, 6.45) is 2.15. The standard InChI is InChI=1S/C12H24BrNO2/c1-10(8-13)6-5-7-14-11(15)9-16-12(2,3)4/h10H,5-9H2,1-4H3,(H,14,15). The van der Waals surface area contributed by atoms with Crippen molar-refractivity contribution in [2.24, 2.45) is 5.92 Å². The summed E-state index contributed by atoms with van der Waals surface area (Å²) < 4.78 is 5.37. The van der Waals surface area contributed by atoms with Gasteiger partial charge in [-0.15, -0.1) is 0 Å². The molecule has 0 aliphatic heterocycles. The molecule has 0 saturated carbocycles. The third-order valence-electron chi connectivity index (χ3n) is 2.10. The first-order chi connectivity index (χ1) is 7.35. The van der Waals surface area contributed by atoms with E-state index >= 15 is 0 Å². The van der Waals surface area contributed by atoms with Gasteiger partial charge in [-0.2, -0.15) is 0 Å². The summed E-state index contributed by atoms with van der Waals surface area (Å²) in [4.78, 5) is 11.4. The van der Waals surface area contributed by atoms with Crippen molar-refractivity contribution < 1.29 is 9.53 Å². The largest absolute Gasteiger partial charge is 0.366 e. The fourth-order valence-corrected chi connectivity index (χ4v) is 1.41. The van der Waals surface area contributed by atoms with E-state index in [0.29, 0.717) is 5.92 Å². The quantitative estimate of drug-likeness (QED) is 0.579. The van der Waals surface area contributed by atoms with Gasteiger partial charge >= 0.3 is 0 Å². The van der Waals surface area contributed by atoms with Crippen molar-refractivity contribution >= 4 is 21.8 Å². The second-order valence-electron chi connectivity index (χ2n) is 5.15. The third kappa shape index (κ3) is 10.4. The van der Waals surface area contributed by atoms with E-state index in [-0.39, 0.29) is 18.1 Å². The molecule has 4 heteroatoms. The van der Waals surface area contributed by atoms with Gasteiger partial charge in [0.15, 0.2) is 0 Å². The van der Waals surface area contributed by atoms with Gasteiger partial charge in [-0.25, -0.2) is 0 Å². The molecular weight excluding hydrogens is 270 g/mol. The van der Waals surface area contributed by atoms with Crippen LogP contribution in [-0.4, -0.2) is 30.0 Å². The highest BCUT2D eigenvalue weighted by atomic mass is 79.9. The molecule has 0 aromatic rings. The van der Waals surface area contributed by atoms with Crippen LogP contribution in [-0.2, 0) is 9.53 Å². The molecule has 0 aliphatic rings. The van der Waals surface area contributed by atoms with Crippen molar-refractivity contribution in [3.05, 3.63) is 0 Å². The summed E-state index contributed by atoms with van der Waals surface area (Å²) in [5.74, 6) is 0.643. The zero-order valence-electron chi connectivity index (χ0n) is 10.8. The van der Waals surface area contributed by atoms with Crippen LogP contribution < -0.4 is 5.32 Å². The topological polar surface area (TPSA) is 38.3 Å². The van der Waals surface area contributed by atoms with Crippen molar-refractivity contribution in [2.45, 2.75) is 46.1 Å². The molecule has 0 bridgehead atoms. The molecule has 1 atom stereocenters. The Labute approximate surface area is 107 Å². The van der Waals surface area contributed by atoms with Crippen molar-refractivity contribution in [1.82, 2.24) is 5.32 Å². The van der Waals surface area contributed by atoms with Crippen LogP contribution in [0.1, 0.15) is 40.5 Å². The number of alkyl halides is 1. The summed E-state index contributed by atoms with van der Waals surface area (Å²) in [5.41, 5.74) is -0.248. The number of nitrogens with one attached hydrogen (secondary N) is 1.